The highest BCUT2D eigenvalue weighted by molar-refractivity contribution is 6.04. The lowest BCUT2D eigenvalue weighted by Gasteiger charge is -2.33. The minimum atomic E-state index is -0.468. The summed E-state index contributed by atoms with van der Waals surface area (Å²) < 4.78 is 5.49. The number of anilines is 3. The molecule has 0 spiro atoms. The normalized spacial score (nSPS) is 14.2. The highest BCUT2D eigenvalue weighted by Crippen LogP contribution is 2.26. The molecular weight excluding hydrogens is 454 g/mol. The lowest BCUT2D eigenvalue weighted by molar-refractivity contribution is 0.0184. The summed E-state index contributed by atoms with van der Waals surface area (Å²) in [5.74, 6) is 0.801. The van der Waals surface area contributed by atoms with E-state index in [0.29, 0.717) is 23.1 Å². The van der Waals surface area contributed by atoms with E-state index < -0.39 is 5.60 Å². The molecule has 188 valence electrons. The van der Waals surface area contributed by atoms with Crippen LogP contribution in [0, 0.1) is 5.92 Å². The second-order valence-electron chi connectivity index (χ2n) is 10.0. The summed E-state index contributed by atoms with van der Waals surface area (Å²) in [7, 11) is 0. The maximum Gasteiger partial charge on any atom is 0.410 e. The molecule has 2 amide bonds. The standard InChI is InChI=1S/C28H33N5O3/c1-28(2,3)36-27(35)33-17-13-21(14-18-33)19-20-9-11-22(12-10-20)31-25-23(8-6-16-30-25)32-26(34)24-7-4-5-15-29-24/h4-12,15-16,21H,13-14,17-19H2,1-3H3,(H,30,31)(H,32,34). The van der Waals surface area contributed by atoms with E-state index in [2.05, 4.69) is 32.7 Å². The Morgan fingerprint density at radius 1 is 0.972 bits per heavy atom. The van der Waals surface area contributed by atoms with Gasteiger partial charge in [0, 0.05) is 31.2 Å². The van der Waals surface area contributed by atoms with Crippen molar-refractivity contribution < 1.29 is 14.3 Å². The minimum Gasteiger partial charge on any atom is -0.444 e. The molecule has 1 saturated heterocycles. The molecule has 0 saturated carbocycles. The van der Waals surface area contributed by atoms with Crippen LogP contribution in [0.3, 0.4) is 0 Å². The Bertz CT molecular complexity index is 1170. The van der Waals surface area contributed by atoms with Crippen LogP contribution in [0.25, 0.3) is 0 Å². The average molecular weight is 488 g/mol. The van der Waals surface area contributed by atoms with Crippen molar-refractivity contribution in [3.05, 3.63) is 78.2 Å². The van der Waals surface area contributed by atoms with Gasteiger partial charge in [-0.2, -0.15) is 0 Å². The number of benzene rings is 1. The van der Waals surface area contributed by atoms with Crippen molar-refractivity contribution in [2.75, 3.05) is 23.7 Å². The molecule has 3 heterocycles. The topological polar surface area (TPSA) is 96.5 Å². The summed E-state index contributed by atoms with van der Waals surface area (Å²) in [4.78, 5) is 35.1. The zero-order chi connectivity index (χ0) is 25.5. The number of hydrogen-bond donors (Lipinski definition) is 2. The summed E-state index contributed by atoms with van der Waals surface area (Å²) in [5.41, 5.74) is 2.58. The molecule has 1 aromatic carbocycles. The molecule has 2 N–H and O–H groups in total. The number of amides is 2. The number of nitrogens with one attached hydrogen (secondary N) is 2. The van der Waals surface area contributed by atoms with Crippen LogP contribution in [0.5, 0.6) is 0 Å². The van der Waals surface area contributed by atoms with Crippen molar-refractivity contribution in [1.82, 2.24) is 14.9 Å². The third-order valence-corrected chi connectivity index (χ3v) is 5.96. The third-order valence-electron chi connectivity index (χ3n) is 5.96. The summed E-state index contributed by atoms with van der Waals surface area (Å²) in [6, 6.07) is 17.0. The SMILES string of the molecule is CC(C)(C)OC(=O)N1CCC(Cc2ccc(Nc3ncccc3NC(=O)c3ccccn3)cc2)CC1. The highest BCUT2D eigenvalue weighted by Gasteiger charge is 2.26. The van der Waals surface area contributed by atoms with Crippen molar-refractivity contribution in [3.8, 4) is 0 Å². The summed E-state index contributed by atoms with van der Waals surface area (Å²) in [6.45, 7) is 7.13. The number of nitrogens with zero attached hydrogens (tertiary/aromatic N) is 3. The van der Waals surface area contributed by atoms with Crippen LogP contribution in [0.2, 0.25) is 0 Å². The van der Waals surface area contributed by atoms with Gasteiger partial charge in [-0.3, -0.25) is 9.78 Å². The van der Waals surface area contributed by atoms with E-state index in [0.717, 1.165) is 38.0 Å². The molecule has 8 heteroatoms. The Balaban J connectivity index is 1.31. The van der Waals surface area contributed by atoms with Crippen molar-refractivity contribution in [3.63, 3.8) is 0 Å². The van der Waals surface area contributed by atoms with Crippen molar-refractivity contribution in [2.24, 2.45) is 5.92 Å². The number of rotatable bonds is 6. The molecule has 1 fully saturated rings. The zero-order valence-electron chi connectivity index (χ0n) is 21.0. The Hall–Kier alpha value is -3.94. The molecule has 0 radical (unpaired) electrons. The van der Waals surface area contributed by atoms with E-state index in [1.54, 1.807) is 42.7 Å². The molecule has 0 aliphatic carbocycles. The van der Waals surface area contributed by atoms with E-state index in [1.165, 1.54) is 5.56 Å². The number of aromatic nitrogens is 2. The summed E-state index contributed by atoms with van der Waals surface area (Å²) >= 11 is 0. The Kier molecular flexibility index (Phi) is 7.83. The van der Waals surface area contributed by atoms with E-state index in [-0.39, 0.29) is 12.0 Å². The van der Waals surface area contributed by atoms with Gasteiger partial charge in [-0.25, -0.2) is 9.78 Å². The van der Waals surface area contributed by atoms with Crippen LogP contribution in [0.4, 0.5) is 22.0 Å². The molecule has 4 rings (SSSR count). The minimum absolute atomic E-state index is 0.221. The van der Waals surface area contributed by atoms with Crippen molar-refractivity contribution in [2.45, 2.75) is 45.6 Å². The van der Waals surface area contributed by atoms with Gasteiger partial charge in [0.05, 0.1) is 5.69 Å². The highest BCUT2D eigenvalue weighted by atomic mass is 16.6. The van der Waals surface area contributed by atoms with Gasteiger partial charge in [0.25, 0.3) is 5.91 Å². The molecule has 0 bridgehead atoms. The Labute approximate surface area is 212 Å². The lowest BCUT2D eigenvalue weighted by atomic mass is 9.90. The Morgan fingerprint density at radius 3 is 2.36 bits per heavy atom. The molecule has 1 aliphatic heterocycles. The number of piperidine rings is 1. The molecule has 2 aromatic heterocycles. The van der Waals surface area contributed by atoms with Crippen LogP contribution in [0.15, 0.2) is 67.0 Å². The van der Waals surface area contributed by atoms with Gasteiger partial charge in [-0.1, -0.05) is 18.2 Å². The maximum absolute atomic E-state index is 12.5. The van der Waals surface area contributed by atoms with E-state index >= 15 is 0 Å². The first-order valence-corrected chi connectivity index (χ1v) is 12.3. The number of hydrogen-bond acceptors (Lipinski definition) is 6. The quantitative estimate of drug-likeness (QED) is 0.466. The van der Waals surface area contributed by atoms with Crippen LogP contribution in [-0.2, 0) is 11.2 Å². The predicted molar refractivity (Wildman–Crippen MR) is 140 cm³/mol. The second-order valence-corrected chi connectivity index (χ2v) is 10.0. The van der Waals surface area contributed by atoms with Crippen molar-refractivity contribution >= 4 is 29.2 Å². The average Bonchev–Trinajstić information content (AvgIpc) is 2.86. The Morgan fingerprint density at radius 2 is 1.69 bits per heavy atom. The van der Waals surface area contributed by atoms with Crippen LogP contribution < -0.4 is 10.6 Å². The van der Waals surface area contributed by atoms with Crippen LogP contribution >= 0.6 is 0 Å². The predicted octanol–water partition coefficient (Wildman–Crippen LogP) is 5.66. The summed E-state index contributed by atoms with van der Waals surface area (Å²) in [6.07, 6.45) is 5.94. The third kappa shape index (κ3) is 7.04. The first kappa shape index (κ1) is 25.2. The molecular formula is C28H33N5O3. The fourth-order valence-corrected chi connectivity index (χ4v) is 4.13. The van der Waals surface area contributed by atoms with E-state index in [9.17, 15) is 9.59 Å². The van der Waals surface area contributed by atoms with Gasteiger partial charge in [0.15, 0.2) is 5.82 Å². The van der Waals surface area contributed by atoms with Gasteiger partial charge < -0.3 is 20.3 Å². The fourth-order valence-electron chi connectivity index (χ4n) is 4.13. The molecule has 3 aromatic rings. The van der Waals surface area contributed by atoms with Crippen molar-refractivity contribution in [1.29, 1.82) is 0 Å². The maximum atomic E-state index is 12.5. The lowest BCUT2D eigenvalue weighted by Crippen LogP contribution is -2.42. The number of likely N-dealkylation sites (tertiary alicyclic amines) is 1. The number of ether oxygens (including phenoxy) is 1. The molecule has 1 aliphatic rings. The van der Waals surface area contributed by atoms with E-state index in [1.807, 2.05) is 37.8 Å². The van der Waals surface area contributed by atoms with Gasteiger partial charge >= 0.3 is 6.09 Å². The smallest absolute Gasteiger partial charge is 0.410 e. The van der Waals surface area contributed by atoms with Gasteiger partial charge in [-0.05, 0) is 87.9 Å². The van der Waals surface area contributed by atoms with Crippen LogP contribution in [0.1, 0.15) is 49.7 Å². The van der Waals surface area contributed by atoms with Crippen LogP contribution in [-0.4, -0.2) is 45.6 Å². The monoisotopic (exact) mass is 487 g/mol. The fraction of sp³-hybridized carbons (Fsp3) is 0.357. The number of carbonyl (C=O) groups is 2. The van der Waals surface area contributed by atoms with Gasteiger partial charge in [0.2, 0.25) is 0 Å². The van der Waals surface area contributed by atoms with Gasteiger partial charge in [-0.15, -0.1) is 0 Å². The first-order chi connectivity index (χ1) is 17.3. The summed E-state index contributed by atoms with van der Waals surface area (Å²) in [5, 5.41) is 6.17. The molecule has 8 nitrogen and oxygen atoms in total. The van der Waals surface area contributed by atoms with E-state index in [4.69, 9.17) is 4.74 Å². The number of carbonyl (C=O) groups excluding carboxylic acids is 2. The van der Waals surface area contributed by atoms with Gasteiger partial charge in [0.1, 0.15) is 11.3 Å². The first-order valence-electron chi connectivity index (χ1n) is 12.3. The molecule has 0 atom stereocenters. The second kappa shape index (κ2) is 11.2. The molecule has 36 heavy (non-hydrogen) atoms. The largest absolute Gasteiger partial charge is 0.444 e. The molecule has 0 unspecified atom stereocenters. The number of pyridine rings is 2. The zero-order valence-corrected chi connectivity index (χ0v) is 21.0.